The van der Waals surface area contributed by atoms with Crippen molar-refractivity contribution in [1.82, 2.24) is 4.57 Å². The van der Waals surface area contributed by atoms with Crippen molar-refractivity contribution in [3.8, 4) is 11.5 Å². The zero-order chi connectivity index (χ0) is 20.4. The maximum Gasteiger partial charge on any atom is 0.292 e. The Morgan fingerprint density at radius 2 is 2.14 bits per heavy atom. The highest BCUT2D eigenvalue weighted by Crippen LogP contribution is 2.31. The molecule has 1 aliphatic heterocycles. The molecule has 0 spiro atoms. The first kappa shape index (κ1) is 19.1. The summed E-state index contributed by atoms with van der Waals surface area (Å²) < 4.78 is 19.0. The van der Waals surface area contributed by atoms with Crippen LogP contribution in [0.25, 0.3) is 10.2 Å². The van der Waals surface area contributed by atoms with Crippen LogP contribution in [0.5, 0.6) is 11.5 Å². The van der Waals surface area contributed by atoms with E-state index in [1.54, 1.807) is 35.9 Å². The van der Waals surface area contributed by atoms with Crippen molar-refractivity contribution >= 4 is 33.1 Å². The van der Waals surface area contributed by atoms with Crippen LogP contribution in [0.15, 0.2) is 47.5 Å². The van der Waals surface area contributed by atoms with Gasteiger partial charge in [-0.2, -0.15) is 4.99 Å². The molecular formula is C19H17N3O6S. The van der Waals surface area contributed by atoms with Crippen LogP contribution in [-0.4, -0.2) is 41.8 Å². The van der Waals surface area contributed by atoms with E-state index in [-0.39, 0.29) is 12.3 Å². The number of hydrogen-bond donors (Lipinski definition) is 0. The van der Waals surface area contributed by atoms with Crippen LogP contribution >= 0.6 is 11.3 Å². The number of hydrogen-bond acceptors (Lipinski definition) is 7. The molecule has 150 valence electrons. The van der Waals surface area contributed by atoms with Crippen molar-refractivity contribution in [3.05, 3.63) is 57.4 Å². The summed E-state index contributed by atoms with van der Waals surface area (Å²) in [5.41, 5.74) is 0.596. The van der Waals surface area contributed by atoms with Gasteiger partial charge in [0.2, 0.25) is 6.10 Å². The Labute approximate surface area is 168 Å². The van der Waals surface area contributed by atoms with Gasteiger partial charge in [0.15, 0.2) is 16.3 Å². The fraction of sp³-hybridized carbons (Fsp3) is 0.263. The number of nitrogens with zero attached hydrogens (tertiary/aromatic N) is 3. The van der Waals surface area contributed by atoms with Crippen molar-refractivity contribution in [1.29, 1.82) is 0 Å². The number of carbonyl (C=O) groups excluding carboxylic acids is 1. The molecule has 29 heavy (non-hydrogen) atoms. The number of methoxy groups -OCH3 is 1. The smallest absolute Gasteiger partial charge is 0.292 e. The number of para-hydroxylation sites is 2. The van der Waals surface area contributed by atoms with E-state index in [0.717, 1.165) is 4.70 Å². The average Bonchev–Trinajstić information content (AvgIpc) is 3.07. The molecule has 4 rings (SSSR count). The Balaban J connectivity index is 1.71. The maximum atomic E-state index is 12.7. The van der Waals surface area contributed by atoms with Crippen molar-refractivity contribution < 1.29 is 23.9 Å². The molecule has 1 aliphatic rings. The number of nitro benzene ring substituents is 1. The van der Waals surface area contributed by atoms with Gasteiger partial charge in [0.25, 0.3) is 11.6 Å². The summed E-state index contributed by atoms with van der Waals surface area (Å²) in [6, 6.07) is 11.7. The van der Waals surface area contributed by atoms with Gasteiger partial charge in [-0.3, -0.25) is 14.9 Å². The van der Waals surface area contributed by atoms with Gasteiger partial charge in [0.1, 0.15) is 6.61 Å². The van der Waals surface area contributed by atoms with Gasteiger partial charge in [-0.05, 0) is 18.2 Å². The minimum absolute atomic E-state index is 0.0278. The van der Waals surface area contributed by atoms with Crippen LogP contribution in [0, 0.1) is 10.1 Å². The largest absolute Gasteiger partial charge is 0.485 e. The molecular weight excluding hydrogens is 398 g/mol. The topological polar surface area (TPSA) is 105 Å². The zero-order valence-electron chi connectivity index (χ0n) is 15.4. The monoisotopic (exact) mass is 415 g/mol. The van der Waals surface area contributed by atoms with Crippen LogP contribution in [0.2, 0.25) is 0 Å². The molecule has 0 N–H and O–H groups in total. The minimum atomic E-state index is -0.861. The average molecular weight is 415 g/mol. The van der Waals surface area contributed by atoms with E-state index in [4.69, 9.17) is 14.2 Å². The number of ether oxygens (including phenoxy) is 3. The zero-order valence-corrected chi connectivity index (χ0v) is 16.3. The molecule has 0 aliphatic carbocycles. The second-order valence-corrected chi connectivity index (χ2v) is 7.26. The number of thiazole rings is 1. The number of fused-ring (bicyclic) bond motifs is 2. The van der Waals surface area contributed by atoms with Gasteiger partial charge in [0, 0.05) is 25.8 Å². The summed E-state index contributed by atoms with van der Waals surface area (Å²) in [7, 11) is 1.56. The number of aromatic nitrogens is 1. The molecule has 1 unspecified atom stereocenters. The third kappa shape index (κ3) is 3.84. The lowest BCUT2D eigenvalue weighted by molar-refractivity contribution is -0.384. The molecule has 0 saturated heterocycles. The SMILES string of the molecule is COCCn1c(=NC(=O)C2COc3ccccc3O2)sc2ccc([N+](=O)[O-])cc21. The Morgan fingerprint density at radius 3 is 2.90 bits per heavy atom. The normalized spacial score (nSPS) is 16.2. The number of nitro groups is 1. The van der Waals surface area contributed by atoms with Gasteiger partial charge in [-0.25, -0.2) is 0 Å². The third-order valence-corrected chi connectivity index (χ3v) is 5.44. The third-order valence-electron chi connectivity index (χ3n) is 4.39. The lowest BCUT2D eigenvalue weighted by atomic mass is 10.2. The van der Waals surface area contributed by atoms with E-state index >= 15 is 0 Å². The van der Waals surface area contributed by atoms with Gasteiger partial charge >= 0.3 is 0 Å². The number of rotatable bonds is 5. The second-order valence-electron chi connectivity index (χ2n) is 6.25. The summed E-state index contributed by atoms with van der Waals surface area (Å²) in [4.78, 5) is 28.1. The van der Waals surface area contributed by atoms with Gasteiger partial charge < -0.3 is 18.8 Å². The Bertz CT molecular complexity index is 1150. The first-order valence-corrected chi connectivity index (χ1v) is 9.62. The predicted molar refractivity (Wildman–Crippen MR) is 105 cm³/mol. The molecule has 1 atom stereocenters. The Hall–Kier alpha value is -3.24. The van der Waals surface area contributed by atoms with Crippen molar-refractivity contribution in [2.45, 2.75) is 12.6 Å². The van der Waals surface area contributed by atoms with Crippen molar-refractivity contribution in [3.63, 3.8) is 0 Å². The standard InChI is InChI=1S/C19H17N3O6S/c1-26-9-8-21-13-10-12(22(24)25)6-7-17(13)29-19(21)20-18(23)16-11-27-14-4-2-3-5-15(14)28-16/h2-7,10,16H,8-9,11H2,1H3. The highest BCUT2D eigenvalue weighted by molar-refractivity contribution is 7.16. The molecule has 1 amide bonds. The van der Waals surface area contributed by atoms with E-state index in [9.17, 15) is 14.9 Å². The van der Waals surface area contributed by atoms with Gasteiger partial charge in [0.05, 0.1) is 21.7 Å². The molecule has 0 radical (unpaired) electrons. The number of carbonyl (C=O) groups is 1. The summed E-state index contributed by atoms with van der Waals surface area (Å²) in [5.74, 6) is 0.596. The Morgan fingerprint density at radius 1 is 1.34 bits per heavy atom. The molecule has 0 saturated carbocycles. The number of non-ortho nitro benzene ring substituents is 1. The molecule has 0 fully saturated rings. The molecule has 1 aromatic heterocycles. The van der Waals surface area contributed by atoms with E-state index in [2.05, 4.69) is 4.99 Å². The van der Waals surface area contributed by atoms with Crippen molar-refractivity contribution in [2.24, 2.45) is 4.99 Å². The number of amides is 1. The van der Waals surface area contributed by atoms with E-state index in [1.807, 2.05) is 6.07 Å². The first-order chi connectivity index (χ1) is 14.1. The minimum Gasteiger partial charge on any atom is -0.485 e. The van der Waals surface area contributed by atoms with Crippen LogP contribution in [0.4, 0.5) is 5.69 Å². The summed E-state index contributed by atoms with van der Waals surface area (Å²) in [6.45, 7) is 0.828. The highest BCUT2D eigenvalue weighted by Gasteiger charge is 2.27. The lowest BCUT2D eigenvalue weighted by Crippen LogP contribution is -2.37. The molecule has 9 nitrogen and oxygen atoms in total. The van der Waals surface area contributed by atoms with E-state index in [1.165, 1.54) is 23.5 Å². The highest BCUT2D eigenvalue weighted by atomic mass is 32.1. The van der Waals surface area contributed by atoms with Crippen molar-refractivity contribution in [2.75, 3.05) is 20.3 Å². The lowest BCUT2D eigenvalue weighted by Gasteiger charge is -2.23. The molecule has 2 aromatic carbocycles. The van der Waals surface area contributed by atoms with Crippen LogP contribution in [-0.2, 0) is 16.1 Å². The second kappa shape index (κ2) is 8.02. The molecule has 0 bridgehead atoms. The maximum absolute atomic E-state index is 12.7. The van der Waals surface area contributed by atoms with E-state index in [0.29, 0.717) is 35.0 Å². The summed E-state index contributed by atoms with van der Waals surface area (Å²) in [6.07, 6.45) is -0.861. The first-order valence-electron chi connectivity index (χ1n) is 8.80. The summed E-state index contributed by atoms with van der Waals surface area (Å²) in [5, 5.41) is 11.1. The van der Waals surface area contributed by atoms with Gasteiger partial charge in [-0.1, -0.05) is 23.5 Å². The molecule has 10 heteroatoms. The fourth-order valence-electron chi connectivity index (χ4n) is 2.96. The van der Waals surface area contributed by atoms with Gasteiger partial charge in [-0.15, -0.1) is 0 Å². The molecule has 3 aromatic rings. The predicted octanol–water partition coefficient (Wildman–Crippen LogP) is 2.52. The quantitative estimate of drug-likeness (QED) is 0.468. The van der Waals surface area contributed by atoms with E-state index < -0.39 is 16.9 Å². The Kier molecular flexibility index (Phi) is 5.28. The van der Waals surface area contributed by atoms with Crippen LogP contribution in [0.1, 0.15) is 0 Å². The molecule has 2 heterocycles. The van der Waals surface area contributed by atoms with Crippen LogP contribution in [0.3, 0.4) is 0 Å². The van der Waals surface area contributed by atoms with Crippen LogP contribution < -0.4 is 14.3 Å². The fourth-order valence-corrected chi connectivity index (χ4v) is 4.00. The summed E-state index contributed by atoms with van der Waals surface area (Å²) >= 11 is 1.27. The number of benzene rings is 2.